The number of ether oxygens (including phenoxy) is 3. The van der Waals surface area contributed by atoms with Crippen LogP contribution >= 0.6 is 0 Å². The molecule has 1 aromatic carbocycles. The summed E-state index contributed by atoms with van der Waals surface area (Å²) >= 11 is 0. The number of pyridine rings is 2. The number of aliphatic imine (C=N–C) groups is 1. The van der Waals surface area contributed by atoms with Gasteiger partial charge in [0.1, 0.15) is 11.3 Å². The second-order valence-corrected chi connectivity index (χ2v) is 8.54. The summed E-state index contributed by atoms with van der Waals surface area (Å²) in [5.74, 6) is 7.39. The van der Waals surface area contributed by atoms with Crippen LogP contribution < -0.4 is 10.5 Å². The molecule has 3 aromatic rings. The van der Waals surface area contributed by atoms with E-state index in [1.54, 1.807) is 18.3 Å². The molecule has 0 aliphatic carbocycles. The number of aromatic nitrogens is 2. The van der Waals surface area contributed by atoms with Crippen molar-refractivity contribution in [3.05, 3.63) is 83.6 Å². The minimum absolute atomic E-state index is 0.0854. The number of amidine groups is 1. The van der Waals surface area contributed by atoms with Crippen LogP contribution in [-0.4, -0.2) is 35.8 Å². The highest BCUT2D eigenvalue weighted by atomic mass is 19.1. The zero-order valence-electron chi connectivity index (χ0n) is 18.6. The van der Waals surface area contributed by atoms with Crippen LogP contribution in [0.1, 0.15) is 30.0 Å². The maximum Gasteiger partial charge on any atom is 0.283 e. The van der Waals surface area contributed by atoms with Crippen molar-refractivity contribution >= 4 is 6.02 Å². The summed E-state index contributed by atoms with van der Waals surface area (Å²) in [6.07, 6.45) is 3.81. The van der Waals surface area contributed by atoms with Crippen molar-refractivity contribution in [1.82, 2.24) is 9.97 Å². The summed E-state index contributed by atoms with van der Waals surface area (Å²) in [4.78, 5) is 12.6. The van der Waals surface area contributed by atoms with Crippen molar-refractivity contribution in [2.24, 2.45) is 16.1 Å². The van der Waals surface area contributed by atoms with Crippen molar-refractivity contribution in [3.8, 4) is 23.5 Å². The fourth-order valence-corrected chi connectivity index (χ4v) is 4.06. The van der Waals surface area contributed by atoms with E-state index in [1.165, 1.54) is 12.3 Å². The average Bonchev–Trinajstić information content (AvgIpc) is 2.83. The molecule has 8 heteroatoms. The summed E-state index contributed by atoms with van der Waals surface area (Å²) < 4.78 is 28.5. The number of hydrogen-bond donors (Lipinski definition) is 1. The van der Waals surface area contributed by atoms with Crippen molar-refractivity contribution < 1.29 is 18.6 Å². The van der Waals surface area contributed by atoms with Gasteiger partial charge >= 0.3 is 0 Å². The third kappa shape index (κ3) is 4.18. The topological polar surface area (TPSA) is 91.9 Å². The first-order chi connectivity index (χ1) is 16.5. The summed E-state index contributed by atoms with van der Waals surface area (Å²) in [6, 6.07) is 14.6. The molecule has 6 rings (SSSR count). The fraction of sp³-hybridized carbons (Fsp3) is 0.269. The summed E-state index contributed by atoms with van der Waals surface area (Å²) in [6.45, 7) is 3.90. The SMILES string of the molecule is CC1(C#Cc2cnc3c(c2)C2(CCOC(N)=N2)c2ccccc2O3)COC1.Fc1ccccn1. The van der Waals surface area contributed by atoms with Crippen molar-refractivity contribution in [1.29, 1.82) is 0 Å². The molecule has 2 aromatic heterocycles. The highest BCUT2D eigenvalue weighted by Crippen LogP contribution is 2.51. The van der Waals surface area contributed by atoms with E-state index >= 15 is 0 Å². The monoisotopic (exact) mass is 458 g/mol. The van der Waals surface area contributed by atoms with E-state index in [1.807, 2.05) is 30.3 Å². The van der Waals surface area contributed by atoms with Crippen LogP contribution in [0.25, 0.3) is 0 Å². The number of para-hydroxylation sites is 1. The van der Waals surface area contributed by atoms with Crippen LogP contribution in [0, 0.1) is 23.2 Å². The van der Waals surface area contributed by atoms with Gasteiger partial charge in [-0.05, 0) is 31.2 Å². The van der Waals surface area contributed by atoms with E-state index in [9.17, 15) is 4.39 Å². The van der Waals surface area contributed by atoms with E-state index in [0.717, 1.165) is 22.4 Å². The van der Waals surface area contributed by atoms with E-state index in [0.29, 0.717) is 32.1 Å². The van der Waals surface area contributed by atoms with Gasteiger partial charge in [0.25, 0.3) is 6.02 Å². The maximum atomic E-state index is 11.8. The van der Waals surface area contributed by atoms with Gasteiger partial charge in [-0.15, -0.1) is 0 Å². The first-order valence-corrected chi connectivity index (χ1v) is 10.9. The predicted octanol–water partition coefficient (Wildman–Crippen LogP) is 3.77. The smallest absolute Gasteiger partial charge is 0.283 e. The van der Waals surface area contributed by atoms with Gasteiger partial charge in [-0.3, -0.25) is 0 Å². The quantitative estimate of drug-likeness (QED) is 0.407. The molecule has 1 atom stereocenters. The molecule has 0 bridgehead atoms. The molecule has 3 aliphatic heterocycles. The van der Waals surface area contributed by atoms with E-state index < -0.39 is 11.5 Å². The van der Waals surface area contributed by atoms with Gasteiger partial charge < -0.3 is 19.9 Å². The first-order valence-electron chi connectivity index (χ1n) is 10.9. The van der Waals surface area contributed by atoms with E-state index in [4.69, 9.17) is 24.9 Å². The number of hydrogen-bond acceptors (Lipinski definition) is 7. The molecule has 1 fully saturated rings. The van der Waals surface area contributed by atoms with Crippen LogP contribution in [0.15, 0.2) is 65.9 Å². The Bertz CT molecular complexity index is 1300. The zero-order chi connectivity index (χ0) is 23.6. The first kappa shape index (κ1) is 21.9. The van der Waals surface area contributed by atoms with Crippen LogP contribution in [-0.2, 0) is 15.0 Å². The second kappa shape index (κ2) is 8.76. The third-order valence-corrected chi connectivity index (χ3v) is 5.83. The van der Waals surface area contributed by atoms with Crippen LogP contribution in [0.5, 0.6) is 11.6 Å². The van der Waals surface area contributed by atoms with Crippen LogP contribution in [0.2, 0.25) is 0 Å². The second-order valence-electron chi connectivity index (χ2n) is 8.54. The Balaban J connectivity index is 0.000000297. The van der Waals surface area contributed by atoms with E-state index in [2.05, 4.69) is 28.7 Å². The number of nitrogens with zero attached hydrogens (tertiary/aromatic N) is 3. The largest absolute Gasteiger partial charge is 0.465 e. The lowest BCUT2D eigenvalue weighted by atomic mass is 9.78. The Morgan fingerprint density at radius 1 is 1.06 bits per heavy atom. The predicted molar refractivity (Wildman–Crippen MR) is 124 cm³/mol. The number of rotatable bonds is 0. The zero-order valence-corrected chi connectivity index (χ0v) is 18.6. The molecule has 0 amide bonds. The molecule has 7 nitrogen and oxygen atoms in total. The van der Waals surface area contributed by atoms with Crippen LogP contribution in [0.4, 0.5) is 4.39 Å². The van der Waals surface area contributed by atoms with Crippen LogP contribution in [0.3, 0.4) is 0 Å². The molecule has 172 valence electrons. The standard InChI is InChI=1S/C21H19N3O3.C5H4FN/c1-20(12-25-13-20)7-6-14-10-16-18(23-11-14)27-17-5-3-2-4-15(17)21(16)8-9-26-19(22)24-21;6-5-3-1-2-4-7-5/h2-5,10-11H,8-9,12-13H2,1H3,(H2,22,24);1-4H. The molecule has 2 N–H and O–H groups in total. The summed E-state index contributed by atoms with van der Waals surface area (Å²) in [5, 5.41) is 0. The van der Waals surface area contributed by atoms with Crippen molar-refractivity contribution in [2.45, 2.75) is 18.9 Å². The molecule has 1 spiro atoms. The Hall–Kier alpha value is -3.96. The number of fused-ring (bicyclic) bond motifs is 4. The highest BCUT2D eigenvalue weighted by molar-refractivity contribution is 5.74. The Kier molecular flexibility index (Phi) is 5.64. The maximum absolute atomic E-state index is 11.8. The lowest BCUT2D eigenvalue weighted by Gasteiger charge is -2.38. The minimum atomic E-state index is -0.666. The average molecular weight is 458 g/mol. The Morgan fingerprint density at radius 3 is 2.56 bits per heavy atom. The molecular weight excluding hydrogens is 435 g/mol. The highest BCUT2D eigenvalue weighted by Gasteiger charge is 2.45. The van der Waals surface area contributed by atoms with Gasteiger partial charge in [-0.1, -0.05) is 36.1 Å². The number of benzene rings is 1. The number of nitrogens with two attached hydrogens (primary N) is 1. The molecule has 5 heterocycles. The molecule has 1 saturated heterocycles. The molecule has 3 aliphatic rings. The van der Waals surface area contributed by atoms with Gasteiger partial charge in [0.05, 0.1) is 25.2 Å². The molecule has 0 saturated carbocycles. The molecule has 0 radical (unpaired) electrons. The molecule has 1 unspecified atom stereocenters. The molecular formula is C26H23FN4O3. The molecule has 34 heavy (non-hydrogen) atoms. The Labute approximate surface area is 196 Å². The van der Waals surface area contributed by atoms with Gasteiger partial charge in [0, 0.05) is 35.5 Å². The van der Waals surface area contributed by atoms with Crippen molar-refractivity contribution in [3.63, 3.8) is 0 Å². The van der Waals surface area contributed by atoms with Crippen molar-refractivity contribution in [2.75, 3.05) is 19.8 Å². The van der Waals surface area contributed by atoms with Gasteiger partial charge in [0.2, 0.25) is 11.8 Å². The normalized spacial score (nSPS) is 20.9. The summed E-state index contributed by atoms with van der Waals surface area (Å²) in [5.41, 5.74) is 7.87. The summed E-state index contributed by atoms with van der Waals surface area (Å²) in [7, 11) is 0. The van der Waals surface area contributed by atoms with Gasteiger partial charge in [-0.25, -0.2) is 15.0 Å². The fourth-order valence-electron chi connectivity index (χ4n) is 4.06. The third-order valence-electron chi connectivity index (χ3n) is 5.83. The lowest BCUT2D eigenvalue weighted by molar-refractivity contribution is -0.0648. The minimum Gasteiger partial charge on any atom is -0.465 e. The van der Waals surface area contributed by atoms with E-state index in [-0.39, 0.29) is 11.4 Å². The lowest BCUT2D eigenvalue weighted by Crippen LogP contribution is -2.39. The Morgan fingerprint density at radius 2 is 1.88 bits per heavy atom. The van der Waals surface area contributed by atoms with Gasteiger partial charge in [-0.2, -0.15) is 4.39 Å². The number of halogens is 1. The van der Waals surface area contributed by atoms with Gasteiger partial charge in [0.15, 0.2) is 0 Å².